The fourth-order valence-electron chi connectivity index (χ4n) is 2.91. The maximum atomic E-state index is 12.8. The molecule has 3 heterocycles. The normalized spacial score (nSPS) is 11.1. The number of carbonyl (C=O) groups is 2. The Kier molecular flexibility index (Phi) is 5.41. The van der Waals surface area contributed by atoms with Crippen molar-refractivity contribution >= 4 is 28.3 Å². The number of carbonyl (C=O) groups excluding carboxylic acids is 2. The minimum atomic E-state index is -0.532. The van der Waals surface area contributed by atoms with E-state index in [2.05, 4.69) is 34.2 Å². The summed E-state index contributed by atoms with van der Waals surface area (Å²) in [6, 6.07) is 3.60. The van der Waals surface area contributed by atoms with Crippen LogP contribution < -0.4 is 11.1 Å². The van der Waals surface area contributed by atoms with Gasteiger partial charge in [-0.3, -0.25) is 19.6 Å². The van der Waals surface area contributed by atoms with Gasteiger partial charge >= 0.3 is 0 Å². The van der Waals surface area contributed by atoms with Crippen LogP contribution in [0, 0.1) is 6.92 Å². The first-order chi connectivity index (χ1) is 12.9. The van der Waals surface area contributed by atoms with E-state index >= 15 is 0 Å². The van der Waals surface area contributed by atoms with Crippen molar-refractivity contribution in [3.63, 3.8) is 0 Å². The Balaban J connectivity index is 1.79. The molecule has 27 heavy (non-hydrogen) atoms. The number of hydrogen-bond donors (Lipinski definition) is 3. The number of aryl methyl sites for hydroxylation is 1. The van der Waals surface area contributed by atoms with Crippen LogP contribution in [0.3, 0.4) is 0 Å². The van der Waals surface area contributed by atoms with E-state index in [0.717, 1.165) is 24.1 Å². The summed E-state index contributed by atoms with van der Waals surface area (Å²) in [5, 5.41) is 9.61. The Bertz CT molecular complexity index is 966. The number of nitrogens with one attached hydrogen (secondary N) is 2. The SMILES string of the molecule is CCC(CC)n1nc(C)cc1C(=O)Nc1nc(-c2c[nH]c(C(N)=O)c2)cs1. The van der Waals surface area contributed by atoms with Crippen LogP contribution in [0.1, 0.15) is 59.4 Å². The van der Waals surface area contributed by atoms with Crippen LogP contribution in [-0.4, -0.2) is 31.6 Å². The van der Waals surface area contributed by atoms with Crippen LogP contribution >= 0.6 is 11.3 Å². The molecule has 8 nitrogen and oxygen atoms in total. The number of aromatic amines is 1. The smallest absolute Gasteiger partial charge is 0.275 e. The van der Waals surface area contributed by atoms with Gasteiger partial charge in [-0.25, -0.2) is 4.98 Å². The van der Waals surface area contributed by atoms with Gasteiger partial charge < -0.3 is 10.7 Å². The van der Waals surface area contributed by atoms with Gasteiger partial charge in [0.2, 0.25) is 0 Å². The Morgan fingerprint density at radius 2 is 2.07 bits per heavy atom. The van der Waals surface area contributed by atoms with E-state index in [1.54, 1.807) is 23.0 Å². The molecule has 3 aromatic heterocycles. The molecule has 0 saturated heterocycles. The number of amides is 2. The Labute approximate surface area is 160 Å². The molecule has 3 aromatic rings. The molecule has 0 unspecified atom stereocenters. The third-order valence-electron chi connectivity index (χ3n) is 4.35. The van der Waals surface area contributed by atoms with Crippen LogP contribution in [0.5, 0.6) is 0 Å². The molecule has 9 heteroatoms. The molecule has 0 aliphatic heterocycles. The molecule has 0 aromatic carbocycles. The first-order valence-electron chi connectivity index (χ1n) is 8.74. The molecule has 2 amide bonds. The van der Waals surface area contributed by atoms with Gasteiger partial charge in [-0.2, -0.15) is 5.10 Å². The van der Waals surface area contributed by atoms with Gasteiger partial charge in [0.1, 0.15) is 11.4 Å². The van der Waals surface area contributed by atoms with Crippen molar-refractivity contribution in [3.05, 3.63) is 40.8 Å². The van der Waals surface area contributed by atoms with E-state index in [4.69, 9.17) is 5.73 Å². The molecule has 0 aliphatic rings. The number of rotatable bonds is 7. The van der Waals surface area contributed by atoms with E-state index in [9.17, 15) is 9.59 Å². The second kappa shape index (κ2) is 7.75. The van der Waals surface area contributed by atoms with E-state index in [1.165, 1.54) is 11.3 Å². The third-order valence-corrected chi connectivity index (χ3v) is 5.11. The second-order valence-electron chi connectivity index (χ2n) is 6.24. The molecule has 0 bridgehead atoms. The number of thiazole rings is 1. The largest absolute Gasteiger partial charge is 0.364 e. The predicted molar refractivity (Wildman–Crippen MR) is 105 cm³/mol. The zero-order valence-corrected chi connectivity index (χ0v) is 16.3. The van der Waals surface area contributed by atoms with Crippen molar-refractivity contribution in [1.82, 2.24) is 19.7 Å². The fourth-order valence-corrected chi connectivity index (χ4v) is 3.62. The van der Waals surface area contributed by atoms with Crippen LogP contribution in [0.25, 0.3) is 11.3 Å². The lowest BCUT2D eigenvalue weighted by atomic mass is 10.1. The number of H-pyrrole nitrogens is 1. The van der Waals surface area contributed by atoms with Crippen molar-refractivity contribution in [2.45, 2.75) is 39.7 Å². The lowest BCUT2D eigenvalue weighted by molar-refractivity contribution is 0.0992. The van der Waals surface area contributed by atoms with Gasteiger partial charge in [0, 0.05) is 17.1 Å². The monoisotopic (exact) mass is 386 g/mol. The van der Waals surface area contributed by atoms with Crippen molar-refractivity contribution < 1.29 is 9.59 Å². The zero-order chi connectivity index (χ0) is 19.6. The number of aromatic nitrogens is 4. The molecule has 0 aliphatic carbocycles. The highest BCUT2D eigenvalue weighted by molar-refractivity contribution is 7.14. The maximum absolute atomic E-state index is 12.8. The molecule has 142 valence electrons. The van der Waals surface area contributed by atoms with E-state index in [1.807, 2.05) is 12.3 Å². The van der Waals surface area contributed by atoms with Gasteiger partial charge in [0.25, 0.3) is 11.8 Å². The summed E-state index contributed by atoms with van der Waals surface area (Å²) in [5.41, 5.74) is 8.28. The van der Waals surface area contributed by atoms with Crippen LogP contribution in [0.2, 0.25) is 0 Å². The van der Waals surface area contributed by atoms with E-state index in [-0.39, 0.29) is 11.9 Å². The van der Waals surface area contributed by atoms with Gasteiger partial charge in [0.15, 0.2) is 5.13 Å². The van der Waals surface area contributed by atoms with Crippen molar-refractivity contribution in [3.8, 4) is 11.3 Å². The summed E-state index contributed by atoms with van der Waals surface area (Å²) in [7, 11) is 0. The number of nitrogens with two attached hydrogens (primary N) is 1. The number of anilines is 1. The van der Waals surface area contributed by atoms with E-state index in [0.29, 0.717) is 22.2 Å². The van der Waals surface area contributed by atoms with Crippen LogP contribution in [0.4, 0.5) is 5.13 Å². The lowest BCUT2D eigenvalue weighted by Crippen LogP contribution is -2.20. The summed E-state index contributed by atoms with van der Waals surface area (Å²) in [4.78, 5) is 31.2. The van der Waals surface area contributed by atoms with Crippen molar-refractivity contribution in [1.29, 1.82) is 0 Å². The highest BCUT2D eigenvalue weighted by Crippen LogP contribution is 2.26. The Hall–Kier alpha value is -2.94. The Morgan fingerprint density at radius 1 is 1.33 bits per heavy atom. The summed E-state index contributed by atoms with van der Waals surface area (Å²) in [6.07, 6.45) is 3.45. The van der Waals surface area contributed by atoms with Gasteiger partial charge in [-0.1, -0.05) is 13.8 Å². The van der Waals surface area contributed by atoms with Crippen molar-refractivity contribution in [2.75, 3.05) is 5.32 Å². The molecule has 4 N–H and O–H groups in total. The highest BCUT2D eigenvalue weighted by Gasteiger charge is 2.20. The molecular weight excluding hydrogens is 364 g/mol. The highest BCUT2D eigenvalue weighted by atomic mass is 32.1. The molecule has 0 spiro atoms. The number of hydrogen-bond acceptors (Lipinski definition) is 5. The van der Waals surface area contributed by atoms with Gasteiger partial charge in [0.05, 0.1) is 17.4 Å². The lowest BCUT2D eigenvalue weighted by Gasteiger charge is -2.16. The van der Waals surface area contributed by atoms with Gasteiger partial charge in [-0.05, 0) is 31.9 Å². The quantitative estimate of drug-likeness (QED) is 0.577. The first kappa shape index (κ1) is 18.8. The standard InChI is InChI=1S/C18H22N6O2S/c1-4-12(5-2)24-15(6-10(3)23-24)17(26)22-18-21-14(9-27-18)11-7-13(16(19)25)20-8-11/h6-9,12,20H,4-5H2,1-3H3,(H2,19,25)(H,21,22,26). The maximum Gasteiger partial charge on any atom is 0.275 e. The summed E-state index contributed by atoms with van der Waals surface area (Å²) < 4.78 is 1.80. The summed E-state index contributed by atoms with van der Waals surface area (Å²) >= 11 is 1.31. The zero-order valence-electron chi connectivity index (χ0n) is 15.4. The molecule has 0 atom stereocenters. The molecular formula is C18H22N6O2S. The minimum Gasteiger partial charge on any atom is -0.364 e. The molecule has 0 fully saturated rings. The average molecular weight is 386 g/mol. The van der Waals surface area contributed by atoms with Gasteiger partial charge in [-0.15, -0.1) is 11.3 Å². The summed E-state index contributed by atoms with van der Waals surface area (Å²) in [6.45, 7) is 6.04. The average Bonchev–Trinajstić information content (AvgIpc) is 3.35. The number of nitrogens with zero attached hydrogens (tertiary/aromatic N) is 3. The van der Waals surface area contributed by atoms with Crippen molar-refractivity contribution in [2.24, 2.45) is 5.73 Å². The fraction of sp³-hybridized carbons (Fsp3) is 0.333. The third kappa shape index (κ3) is 3.92. The topological polar surface area (TPSA) is 119 Å². The molecule has 0 radical (unpaired) electrons. The molecule has 3 rings (SSSR count). The molecule has 0 saturated carbocycles. The van der Waals surface area contributed by atoms with E-state index < -0.39 is 5.91 Å². The number of primary amides is 1. The predicted octanol–water partition coefficient (Wildman–Crippen LogP) is 3.36. The van der Waals surface area contributed by atoms with Crippen LogP contribution in [-0.2, 0) is 0 Å². The minimum absolute atomic E-state index is 0.179. The van der Waals surface area contributed by atoms with Crippen LogP contribution in [0.15, 0.2) is 23.7 Å². The summed E-state index contributed by atoms with van der Waals surface area (Å²) in [5.74, 6) is -0.773. The Morgan fingerprint density at radius 3 is 2.70 bits per heavy atom. The second-order valence-corrected chi connectivity index (χ2v) is 7.10. The first-order valence-corrected chi connectivity index (χ1v) is 9.62.